The molecule has 96 valence electrons. The van der Waals surface area contributed by atoms with E-state index in [9.17, 15) is 0 Å². The zero-order valence-corrected chi connectivity index (χ0v) is 11.3. The summed E-state index contributed by atoms with van der Waals surface area (Å²) in [5.41, 5.74) is 1.29. The minimum atomic E-state index is 0.455. The molecular weight excluding hydrogens is 210 g/mol. The van der Waals surface area contributed by atoms with Crippen LogP contribution < -0.4 is 5.32 Å². The second kappa shape index (κ2) is 5.67. The van der Waals surface area contributed by atoms with Gasteiger partial charge in [-0.3, -0.25) is 4.68 Å². The molecule has 0 aromatic carbocycles. The van der Waals surface area contributed by atoms with Gasteiger partial charge in [0, 0.05) is 30.4 Å². The van der Waals surface area contributed by atoms with Crippen LogP contribution in [0.4, 0.5) is 0 Å². The van der Waals surface area contributed by atoms with E-state index >= 15 is 0 Å². The number of hydrogen-bond acceptors (Lipinski definition) is 2. The molecule has 0 spiro atoms. The third-order valence-corrected chi connectivity index (χ3v) is 3.92. The van der Waals surface area contributed by atoms with Gasteiger partial charge in [0.05, 0.1) is 6.20 Å². The molecule has 1 atom stereocenters. The van der Waals surface area contributed by atoms with Crippen LogP contribution in [-0.2, 0) is 6.54 Å². The molecule has 1 fully saturated rings. The highest BCUT2D eigenvalue weighted by Gasteiger charge is 2.20. The van der Waals surface area contributed by atoms with Crippen molar-refractivity contribution in [3.63, 3.8) is 0 Å². The summed E-state index contributed by atoms with van der Waals surface area (Å²) < 4.78 is 2.03. The number of rotatable bonds is 5. The molecule has 1 heterocycles. The van der Waals surface area contributed by atoms with Crippen molar-refractivity contribution in [2.75, 3.05) is 0 Å². The lowest BCUT2D eigenvalue weighted by atomic mass is 10.00. The van der Waals surface area contributed by atoms with Crippen molar-refractivity contribution >= 4 is 0 Å². The summed E-state index contributed by atoms with van der Waals surface area (Å²) >= 11 is 0. The molecule has 1 aromatic rings. The highest BCUT2D eigenvalue weighted by Crippen LogP contribution is 2.27. The Hall–Kier alpha value is -0.830. The van der Waals surface area contributed by atoms with Crippen LogP contribution in [-0.4, -0.2) is 15.8 Å². The van der Waals surface area contributed by atoms with Gasteiger partial charge in [0.25, 0.3) is 0 Å². The Balaban J connectivity index is 1.80. The molecule has 1 N–H and O–H groups in total. The topological polar surface area (TPSA) is 29.9 Å². The lowest BCUT2D eigenvalue weighted by molar-refractivity contribution is 0.380. The molecule has 1 aromatic heterocycles. The quantitative estimate of drug-likeness (QED) is 0.849. The highest BCUT2D eigenvalue weighted by atomic mass is 15.3. The predicted octanol–water partition coefficient (Wildman–Crippen LogP) is 3.13. The van der Waals surface area contributed by atoms with E-state index < -0.39 is 0 Å². The molecule has 3 heteroatoms. The van der Waals surface area contributed by atoms with Gasteiger partial charge in [-0.1, -0.05) is 12.8 Å². The number of aromatic nitrogens is 2. The molecular formula is C14H25N3. The summed E-state index contributed by atoms with van der Waals surface area (Å²) in [6, 6.07) is 1.09. The molecule has 2 rings (SSSR count). The normalized spacial score (nSPS) is 19.1. The maximum absolute atomic E-state index is 4.37. The molecule has 0 radical (unpaired) electrons. The summed E-state index contributed by atoms with van der Waals surface area (Å²) in [5, 5.41) is 8.01. The van der Waals surface area contributed by atoms with Gasteiger partial charge in [0.1, 0.15) is 0 Å². The lowest BCUT2D eigenvalue weighted by Crippen LogP contribution is -2.31. The van der Waals surface area contributed by atoms with E-state index in [0.717, 1.165) is 12.5 Å². The van der Waals surface area contributed by atoms with E-state index in [0.29, 0.717) is 12.1 Å². The highest BCUT2D eigenvalue weighted by molar-refractivity contribution is 5.04. The minimum Gasteiger partial charge on any atom is -0.310 e. The van der Waals surface area contributed by atoms with Crippen LogP contribution in [0.3, 0.4) is 0 Å². The predicted molar refractivity (Wildman–Crippen MR) is 70.9 cm³/mol. The molecule has 1 aliphatic rings. The van der Waals surface area contributed by atoms with E-state index in [1.165, 1.54) is 31.2 Å². The van der Waals surface area contributed by atoms with Crippen LogP contribution in [0.2, 0.25) is 0 Å². The number of hydrogen-bond donors (Lipinski definition) is 1. The van der Waals surface area contributed by atoms with Crippen LogP contribution >= 0.6 is 0 Å². The summed E-state index contributed by atoms with van der Waals surface area (Å²) in [6.07, 6.45) is 9.77. The standard InChI is InChI=1S/C14H25N3/c1-11(2)17-10-13(9-16-17)8-15-12(3)14-6-4-5-7-14/h9-12,14-15H,4-8H2,1-3H3/t12-/m1/s1. The van der Waals surface area contributed by atoms with Crippen molar-refractivity contribution in [3.05, 3.63) is 18.0 Å². The van der Waals surface area contributed by atoms with Gasteiger partial charge >= 0.3 is 0 Å². The van der Waals surface area contributed by atoms with Crippen LogP contribution in [0.15, 0.2) is 12.4 Å². The Bertz CT molecular complexity index is 337. The van der Waals surface area contributed by atoms with E-state index in [4.69, 9.17) is 0 Å². The largest absolute Gasteiger partial charge is 0.310 e. The second-order valence-electron chi connectivity index (χ2n) is 5.64. The molecule has 17 heavy (non-hydrogen) atoms. The van der Waals surface area contributed by atoms with Crippen molar-refractivity contribution in [1.29, 1.82) is 0 Å². The molecule has 0 unspecified atom stereocenters. The summed E-state index contributed by atoms with van der Waals surface area (Å²) in [5.74, 6) is 0.884. The number of nitrogens with one attached hydrogen (secondary N) is 1. The van der Waals surface area contributed by atoms with Crippen molar-refractivity contribution in [2.24, 2.45) is 5.92 Å². The van der Waals surface area contributed by atoms with Gasteiger partial charge in [0.2, 0.25) is 0 Å². The average Bonchev–Trinajstić information content (AvgIpc) is 2.97. The van der Waals surface area contributed by atoms with Gasteiger partial charge in [0.15, 0.2) is 0 Å². The second-order valence-corrected chi connectivity index (χ2v) is 5.64. The minimum absolute atomic E-state index is 0.455. The van der Waals surface area contributed by atoms with Crippen LogP contribution in [0.1, 0.15) is 58.1 Å². The van der Waals surface area contributed by atoms with Crippen molar-refractivity contribution in [3.8, 4) is 0 Å². The molecule has 0 saturated heterocycles. The maximum atomic E-state index is 4.37. The summed E-state index contributed by atoms with van der Waals surface area (Å²) in [7, 11) is 0. The maximum Gasteiger partial charge on any atom is 0.0534 e. The van der Waals surface area contributed by atoms with Gasteiger partial charge in [-0.15, -0.1) is 0 Å². The molecule has 1 aliphatic carbocycles. The average molecular weight is 235 g/mol. The third-order valence-electron chi connectivity index (χ3n) is 3.92. The Morgan fingerprint density at radius 1 is 1.35 bits per heavy atom. The van der Waals surface area contributed by atoms with Crippen LogP contribution in [0, 0.1) is 5.92 Å². The van der Waals surface area contributed by atoms with Crippen LogP contribution in [0.5, 0.6) is 0 Å². The van der Waals surface area contributed by atoms with E-state index in [1.54, 1.807) is 0 Å². The fourth-order valence-electron chi connectivity index (χ4n) is 2.65. The Kier molecular flexibility index (Phi) is 4.21. The van der Waals surface area contributed by atoms with Gasteiger partial charge in [-0.05, 0) is 39.5 Å². The first-order chi connectivity index (χ1) is 8.16. The molecule has 0 amide bonds. The third kappa shape index (κ3) is 3.32. The van der Waals surface area contributed by atoms with Crippen LogP contribution in [0.25, 0.3) is 0 Å². The van der Waals surface area contributed by atoms with Crippen molar-refractivity contribution in [1.82, 2.24) is 15.1 Å². The summed E-state index contributed by atoms with van der Waals surface area (Å²) in [4.78, 5) is 0. The monoisotopic (exact) mass is 235 g/mol. The Labute approximate surface area is 105 Å². The zero-order valence-electron chi connectivity index (χ0n) is 11.3. The Morgan fingerprint density at radius 3 is 2.65 bits per heavy atom. The van der Waals surface area contributed by atoms with Crippen molar-refractivity contribution < 1.29 is 0 Å². The first kappa shape index (κ1) is 12.6. The fraction of sp³-hybridized carbons (Fsp3) is 0.786. The Morgan fingerprint density at radius 2 is 2.06 bits per heavy atom. The lowest BCUT2D eigenvalue weighted by Gasteiger charge is -2.19. The van der Waals surface area contributed by atoms with E-state index in [2.05, 4.69) is 37.4 Å². The van der Waals surface area contributed by atoms with Gasteiger partial charge in [-0.2, -0.15) is 5.10 Å². The number of nitrogens with zero attached hydrogens (tertiary/aromatic N) is 2. The summed E-state index contributed by atoms with van der Waals surface area (Å²) in [6.45, 7) is 7.59. The van der Waals surface area contributed by atoms with Crippen molar-refractivity contribution in [2.45, 2.75) is 65.1 Å². The molecule has 0 bridgehead atoms. The zero-order chi connectivity index (χ0) is 12.3. The van der Waals surface area contributed by atoms with Gasteiger partial charge < -0.3 is 5.32 Å². The molecule has 1 saturated carbocycles. The van der Waals surface area contributed by atoms with E-state index in [-0.39, 0.29) is 0 Å². The van der Waals surface area contributed by atoms with E-state index in [1.807, 2.05) is 10.9 Å². The van der Waals surface area contributed by atoms with Gasteiger partial charge in [-0.25, -0.2) is 0 Å². The molecule has 3 nitrogen and oxygen atoms in total. The fourth-order valence-corrected chi connectivity index (χ4v) is 2.65. The first-order valence-electron chi connectivity index (χ1n) is 6.93. The SMILES string of the molecule is CC(C)n1cc(CN[C@H](C)C2CCCC2)cn1. The first-order valence-corrected chi connectivity index (χ1v) is 6.93. The molecule has 0 aliphatic heterocycles. The smallest absolute Gasteiger partial charge is 0.0534 e.